The molecule has 0 spiro atoms. The Labute approximate surface area is 224 Å². The molecule has 0 aliphatic carbocycles. The molecule has 11 heteroatoms. The van der Waals surface area contributed by atoms with Gasteiger partial charge in [-0.2, -0.15) is 0 Å². The van der Waals surface area contributed by atoms with Crippen LogP contribution in [-0.2, 0) is 19.2 Å². The monoisotopic (exact) mass is 536 g/mol. The molecule has 0 saturated heterocycles. The van der Waals surface area contributed by atoms with Crippen LogP contribution < -0.4 is 21.3 Å². The fourth-order valence-corrected chi connectivity index (χ4v) is 3.72. The van der Waals surface area contributed by atoms with E-state index in [-0.39, 0.29) is 25.3 Å². The molecule has 1 aliphatic heterocycles. The minimum Gasteiger partial charge on any atom is -0.393 e. The lowest BCUT2D eigenvalue weighted by atomic mass is 10.0. The summed E-state index contributed by atoms with van der Waals surface area (Å²) >= 11 is 0. The van der Waals surface area contributed by atoms with Gasteiger partial charge in [0.05, 0.1) is 18.3 Å². The second-order valence-electron chi connectivity index (χ2n) is 9.59. The molecule has 0 unspecified atom stereocenters. The van der Waals surface area contributed by atoms with E-state index in [1.807, 2.05) is 0 Å². The molecule has 0 aromatic carbocycles. The van der Waals surface area contributed by atoms with Crippen molar-refractivity contribution in [2.45, 2.75) is 102 Å². The molecule has 0 saturated carbocycles. The van der Waals surface area contributed by atoms with Crippen LogP contribution in [0, 0.1) is 0 Å². The predicted molar refractivity (Wildman–Crippen MR) is 144 cm³/mol. The molecular formula is C27H44N4O7. The van der Waals surface area contributed by atoms with Crippen LogP contribution in [0.25, 0.3) is 0 Å². The van der Waals surface area contributed by atoms with Crippen molar-refractivity contribution in [2.24, 2.45) is 0 Å². The topological polar surface area (TPSA) is 177 Å². The van der Waals surface area contributed by atoms with Crippen molar-refractivity contribution in [3.63, 3.8) is 0 Å². The number of aliphatic hydroxyl groups excluding tert-OH is 3. The minimum atomic E-state index is -1.35. The average molecular weight is 537 g/mol. The molecule has 0 aromatic heterocycles. The van der Waals surface area contributed by atoms with E-state index >= 15 is 0 Å². The third-order valence-electron chi connectivity index (χ3n) is 5.93. The van der Waals surface area contributed by atoms with E-state index in [1.54, 1.807) is 19.1 Å². The normalized spacial score (nSPS) is 23.6. The van der Waals surface area contributed by atoms with Crippen molar-refractivity contribution in [3.8, 4) is 0 Å². The van der Waals surface area contributed by atoms with E-state index in [4.69, 9.17) is 0 Å². The molecular weight excluding hydrogens is 492 g/mol. The van der Waals surface area contributed by atoms with Gasteiger partial charge < -0.3 is 36.6 Å². The summed E-state index contributed by atoms with van der Waals surface area (Å²) in [6, 6.07) is -3.00. The van der Waals surface area contributed by atoms with Gasteiger partial charge in [0.15, 0.2) is 0 Å². The fourth-order valence-electron chi connectivity index (χ4n) is 3.72. The Hall–Kier alpha value is -3.02. The SMILES string of the molecule is CCCCC[C@@H](O)C/C=C/C=C/C(=O)N[C@@H](C(=O)N[C@H]1C[C@@H](O)CCNC(=O)C=C[C@H](C)NC1=O)[C@@H](C)O. The molecule has 1 heterocycles. The molecule has 0 radical (unpaired) electrons. The van der Waals surface area contributed by atoms with Crippen LogP contribution in [0.5, 0.6) is 0 Å². The van der Waals surface area contributed by atoms with E-state index in [0.717, 1.165) is 25.7 Å². The number of amides is 4. The number of hydrogen-bond acceptors (Lipinski definition) is 7. The van der Waals surface area contributed by atoms with Crippen molar-refractivity contribution >= 4 is 23.6 Å². The maximum atomic E-state index is 12.9. The molecule has 0 aromatic rings. The Balaban J connectivity index is 2.75. The van der Waals surface area contributed by atoms with Gasteiger partial charge in [-0.3, -0.25) is 19.2 Å². The zero-order valence-corrected chi connectivity index (χ0v) is 22.6. The summed E-state index contributed by atoms with van der Waals surface area (Å²) in [6.07, 6.45) is 10.4. The summed E-state index contributed by atoms with van der Waals surface area (Å²) in [5, 5.41) is 40.6. The first-order valence-corrected chi connectivity index (χ1v) is 13.3. The van der Waals surface area contributed by atoms with E-state index in [1.165, 1.54) is 31.2 Å². The van der Waals surface area contributed by atoms with Gasteiger partial charge in [0.1, 0.15) is 12.1 Å². The van der Waals surface area contributed by atoms with Crippen LogP contribution in [0.15, 0.2) is 36.5 Å². The lowest BCUT2D eigenvalue weighted by Crippen LogP contribution is -2.58. The molecule has 0 fully saturated rings. The number of nitrogens with one attached hydrogen (secondary N) is 4. The molecule has 4 amide bonds. The lowest BCUT2D eigenvalue weighted by Gasteiger charge is -2.26. The third kappa shape index (κ3) is 14.1. The zero-order chi connectivity index (χ0) is 28.5. The van der Waals surface area contributed by atoms with Gasteiger partial charge in [0.25, 0.3) is 0 Å². The molecule has 1 rings (SSSR count). The van der Waals surface area contributed by atoms with Crippen molar-refractivity contribution in [2.75, 3.05) is 6.54 Å². The van der Waals surface area contributed by atoms with Crippen LogP contribution in [0.2, 0.25) is 0 Å². The molecule has 7 N–H and O–H groups in total. The summed E-state index contributed by atoms with van der Waals surface area (Å²) < 4.78 is 0. The summed E-state index contributed by atoms with van der Waals surface area (Å²) in [5.41, 5.74) is 0. The highest BCUT2D eigenvalue weighted by Crippen LogP contribution is 2.08. The Morgan fingerprint density at radius 2 is 1.95 bits per heavy atom. The van der Waals surface area contributed by atoms with Crippen LogP contribution in [0.3, 0.4) is 0 Å². The first-order valence-electron chi connectivity index (χ1n) is 13.3. The van der Waals surface area contributed by atoms with Gasteiger partial charge in [0.2, 0.25) is 23.6 Å². The van der Waals surface area contributed by atoms with Crippen LogP contribution >= 0.6 is 0 Å². The van der Waals surface area contributed by atoms with Crippen molar-refractivity contribution in [1.82, 2.24) is 21.3 Å². The first-order chi connectivity index (χ1) is 18.0. The maximum absolute atomic E-state index is 12.9. The van der Waals surface area contributed by atoms with E-state index < -0.39 is 54.2 Å². The van der Waals surface area contributed by atoms with Gasteiger partial charge in [-0.05, 0) is 33.1 Å². The lowest BCUT2D eigenvalue weighted by molar-refractivity contribution is -0.134. The van der Waals surface area contributed by atoms with Gasteiger partial charge in [-0.25, -0.2) is 0 Å². The second kappa shape index (κ2) is 18.3. The summed E-state index contributed by atoms with van der Waals surface area (Å²) in [5.74, 6) is -2.34. The van der Waals surface area contributed by atoms with Crippen LogP contribution in [0.1, 0.15) is 65.7 Å². The number of allylic oxidation sites excluding steroid dienone is 2. The molecule has 38 heavy (non-hydrogen) atoms. The number of hydrogen-bond donors (Lipinski definition) is 7. The van der Waals surface area contributed by atoms with Crippen LogP contribution in [-0.4, -0.2) is 81.9 Å². The molecule has 11 nitrogen and oxygen atoms in total. The number of carbonyl (C=O) groups excluding carboxylic acids is 4. The van der Waals surface area contributed by atoms with Gasteiger partial charge >= 0.3 is 0 Å². The Bertz CT molecular complexity index is 856. The largest absolute Gasteiger partial charge is 0.393 e. The van der Waals surface area contributed by atoms with Gasteiger partial charge in [-0.1, -0.05) is 50.5 Å². The number of rotatable bonds is 12. The van der Waals surface area contributed by atoms with Gasteiger partial charge in [0, 0.05) is 31.2 Å². The number of unbranched alkanes of at least 4 members (excludes halogenated alkanes) is 2. The molecule has 6 atom stereocenters. The smallest absolute Gasteiger partial charge is 0.245 e. The Morgan fingerprint density at radius 1 is 1.21 bits per heavy atom. The number of aliphatic hydroxyl groups is 3. The molecule has 1 aliphatic rings. The van der Waals surface area contributed by atoms with Crippen molar-refractivity contribution < 1.29 is 34.5 Å². The van der Waals surface area contributed by atoms with Crippen LogP contribution in [0.4, 0.5) is 0 Å². The van der Waals surface area contributed by atoms with Gasteiger partial charge in [-0.15, -0.1) is 0 Å². The Morgan fingerprint density at radius 3 is 2.63 bits per heavy atom. The first kappa shape index (κ1) is 33.0. The molecule has 0 bridgehead atoms. The van der Waals surface area contributed by atoms with E-state index in [0.29, 0.717) is 6.42 Å². The Kier molecular flexibility index (Phi) is 15.9. The van der Waals surface area contributed by atoms with E-state index in [2.05, 4.69) is 28.2 Å². The third-order valence-corrected chi connectivity index (χ3v) is 5.93. The standard InChI is InChI=1S/C27H44N4O7/c1-4-5-7-10-20(33)11-8-6-9-12-24(36)31-25(19(3)32)27(38)30-22-17-21(34)15-16-28-23(35)14-13-18(2)29-26(22)37/h6,8-9,12-14,18-22,25,32-34H,4-5,7,10-11,15-17H2,1-3H3,(H,28,35)(H,29,37)(H,30,38)(H,31,36)/b8-6+,12-9+,14-13?/t18-,19+,20+,21-,22-,25+/m0/s1. The summed E-state index contributed by atoms with van der Waals surface area (Å²) in [6.45, 7) is 5.26. The highest BCUT2D eigenvalue weighted by Gasteiger charge is 2.31. The van der Waals surface area contributed by atoms with E-state index in [9.17, 15) is 34.5 Å². The highest BCUT2D eigenvalue weighted by atomic mass is 16.3. The average Bonchev–Trinajstić information content (AvgIpc) is 2.84. The quantitative estimate of drug-likeness (QED) is 0.105. The maximum Gasteiger partial charge on any atom is 0.245 e. The summed E-state index contributed by atoms with van der Waals surface area (Å²) in [4.78, 5) is 49.7. The predicted octanol–water partition coefficient (Wildman–Crippen LogP) is 0.112. The minimum absolute atomic E-state index is 0.126. The fraction of sp³-hybridized carbons (Fsp3) is 0.630. The van der Waals surface area contributed by atoms with Crippen molar-refractivity contribution in [3.05, 3.63) is 36.5 Å². The highest BCUT2D eigenvalue weighted by molar-refractivity contribution is 5.95. The zero-order valence-electron chi connectivity index (χ0n) is 22.6. The number of carbonyl (C=O) groups is 4. The summed E-state index contributed by atoms with van der Waals surface area (Å²) in [7, 11) is 0. The van der Waals surface area contributed by atoms with Crippen molar-refractivity contribution in [1.29, 1.82) is 0 Å². The second-order valence-corrected chi connectivity index (χ2v) is 9.59. The molecule has 214 valence electrons.